The molecule has 0 heterocycles. The van der Waals surface area contributed by atoms with Gasteiger partial charge in [0, 0.05) is 5.56 Å². The molecule has 4 nitrogen and oxygen atoms in total. The van der Waals surface area contributed by atoms with Crippen molar-refractivity contribution in [3.05, 3.63) is 23.8 Å². The maximum absolute atomic E-state index is 11.9. The summed E-state index contributed by atoms with van der Waals surface area (Å²) in [6.07, 6.45) is 3.67. The van der Waals surface area contributed by atoms with Crippen LogP contribution in [0.5, 0.6) is 11.5 Å². The third kappa shape index (κ3) is 3.49. The van der Waals surface area contributed by atoms with Crippen molar-refractivity contribution in [2.75, 3.05) is 0 Å². The van der Waals surface area contributed by atoms with E-state index >= 15 is 0 Å². The second kappa shape index (κ2) is 5.41. The Balaban J connectivity index is 1.82. The molecule has 0 unspecified atom stereocenters. The van der Waals surface area contributed by atoms with Crippen molar-refractivity contribution in [1.82, 2.24) is 0 Å². The lowest BCUT2D eigenvalue weighted by molar-refractivity contribution is -0.137. The standard InChI is InChI=1S/C18H22O4/c1-18(2,3)14-10-13(21-16(19)11-4-5-11)8-9-15(14)22-17(20)12-6-7-12/h8-12H,4-7H2,1-3H3. The number of carbonyl (C=O) groups is 2. The number of carbonyl (C=O) groups excluding carboxylic acids is 2. The maximum Gasteiger partial charge on any atom is 0.314 e. The molecule has 2 aliphatic carbocycles. The van der Waals surface area contributed by atoms with Gasteiger partial charge in [0.15, 0.2) is 0 Å². The lowest BCUT2D eigenvalue weighted by Gasteiger charge is -2.23. The summed E-state index contributed by atoms with van der Waals surface area (Å²) in [6, 6.07) is 5.25. The maximum atomic E-state index is 11.9. The Bertz CT molecular complexity index is 604. The molecule has 1 aromatic carbocycles. The van der Waals surface area contributed by atoms with Crippen LogP contribution in [0.2, 0.25) is 0 Å². The largest absolute Gasteiger partial charge is 0.426 e. The molecule has 2 saturated carbocycles. The predicted molar refractivity (Wildman–Crippen MR) is 81.9 cm³/mol. The van der Waals surface area contributed by atoms with E-state index in [0.717, 1.165) is 31.2 Å². The molecule has 0 N–H and O–H groups in total. The van der Waals surface area contributed by atoms with E-state index in [1.807, 2.05) is 26.8 Å². The summed E-state index contributed by atoms with van der Waals surface area (Å²) in [7, 11) is 0. The number of hydrogen-bond donors (Lipinski definition) is 0. The SMILES string of the molecule is CC(C)(C)c1cc(OC(=O)C2CC2)ccc1OC(=O)C1CC1. The molecule has 3 rings (SSSR count). The summed E-state index contributed by atoms with van der Waals surface area (Å²) >= 11 is 0. The molecule has 0 atom stereocenters. The van der Waals surface area contributed by atoms with Gasteiger partial charge < -0.3 is 9.47 Å². The fraction of sp³-hybridized carbons (Fsp3) is 0.556. The van der Waals surface area contributed by atoms with Crippen molar-refractivity contribution in [2.24, 2.45) is 11.8 Å². The summed E-state index contributed by atoms with van der Waals surface area (Å²) in [5.74, 6) is 0.880. The number of ether oxygens (including phenoxy) is 2. The molecule has 0 aliphatic heterocycles. The van der Waals surface area contributed by atoms with Crippen LogP contribution in [0.1, 0.15) is 52.0 Å². The van der Waals surface area contributed by atoms with E-state index in [4.69, 9.17) is 9.47 Å². The summed E-state index contributed by atoms with van der Waals surface area (Å²) in [5, 5.41) is 0. The monoisotopic (exact) mass is 302 g/mol. The lowest BCUT2D eigenvalue weighted by Crippen LogP contribution is -2.18. The summed E-state index contributed by atoms with van der Waals surface area (Å²) in [6.45, 7) is 6.13. The minimum Gasteiger partial charge on any atom is -0.426 e. The fourth-order valence-corrected chi connectivity index (χ4v) is 2.28. The second-order valence-electron chi connectivity index (χ2n) is 7.30. The van der Waals surface area contributed by atoms with Crippen LogP contribution in [0.25, 0.3) is 0 Å². The first-order valence-corrected chi connectivity index (χ1v) is 7.92. The minimum absolute atomic E-state index is 0.0557. The zero-order valence-electron chi connectivity index (χ0n) is 13.3. The topological polar surface area (TPSA) is 52.6 Å². The van der Waals surface area contributed by atoms with E-state index in [1.54, 1.807) is 12.1 Å². The molecule has 0 saturated heterocycles. The van der Waals surface area contributed by atoms with Gasteiger partial charge in [0.1, 0.15) is 11.5 Å². The first kappa shape index (κ1) is 15.1. The first-order valence-electron chi connectivity index (χ1n) is 7.92. The van der Waals surface area contributed by atoms with Crippen LogP contribution < -0.4 is 9.47 Å². The third-order valence-corrected chi connectivity index (χ3v) is 4.01. The van der Waals surface area contributed by atoms with Crippen molar-refractivity contribution >= 4 is 11.9 Å². The molecular weight excluding hydrogens is 280 g/mol. The van der Waals surface area contributed by atoms with Crippen LogP contribution in [0.3, 0.4) is 0 Å². The average Bonchev–Trinajstić information content (AvgIpc) is 3.28. The molecule has 2 fully saturated rings. The van der Waals surface area contributed by atoms with Crippen LogP contribution in [0, 0.1) is 11.8 Å². The predicted octanol–water partition coefficient (Wildman–Crippen LogP) is 3.61. The van der Waals surface area contributed by atoms with Gasteiger partial charge in [-0.05, 0) is 49.3 Å². The van der Waals surface area contributed by atoms with Crippen molar-refractivity contribution in [3.8, 4) is 11.5 Å². The Morgan fingerprint density at radius 1 is 0.955 bits per heavy atom. The fourth-order valence-electron chi connectivity index (χ4n) is 2.28. The van der Waals surface area contributed by atoms with Gasteiger partial charge in [0.25, 0.3) is 0 Å². The number of esters is 2. The third-order valence-electron chi connectivity index (χ3n) is 4.01. The summed E-state index contributed by atoms with van der Waals surface area (Å²) < 4.78 is 11.0. The van der Waals surface area contributed by atoms with E-state index in [-0.39, 0.29) is 29.2 Å². The molecule has 0 spiro atoms. The molecule has 2 aliphatic rings. The van der Waals surface area contributed by atoms with E-state index in [2.05, 4.69) is 0 Å². The Kier molecular flexibility index (Phi) is 3.71. The van der Waals surface area contributed by atoms with Gasteiger partial charge in [-0.1, -0.05) is 20.8 Å². The van der Waals surface area contributed by atoms with E-state index in [9.17, 15) is 9.59 Å². The molecule has 22 heavy (non-hydrogen) atoms. The molecule has 0 bridgehead atoms. The number of rotatable bonds is 4. The number of hydrogen-bond acceptors (Lipinski definition) is 4. The Labute approximate surface area is 130 Å². The normalized spacial score (nSPS) is 18.0. The highest BCUT2D eigenvalue weighted by atomic mass is 16.5. The lowest BCUT2D eigenvalue weighted by atomic mass is 9.86. The molecule has 118 valence electrons. The number of benzene rings is 1. The molecular formula is C18H22O4. The summed E-state index contributed by atoms with van der Waals surface area (Å²) in [4.78, 5) is 23.7. The van der Waals surface area contributed by atoms with Gasteiger partial charge in [-0.25, -0.2) is 0 Å². The van der Waals surface area contributed by atoms with Gasteiger partial charge in [-0.2, -0.15) is 0 Å². The van der Waals surface area contributed by atoms with Crippen molar-refractivity contribution in [2.45, 2.75) is 51.9 Å². The van der Waals surface area contributed by atoms with Gasteiger partial charge in [0.05, 0.1) is 11.8 Å². The molecule has 4 heteroatoms. The molecule has 0 radical (unpaired) electrons. The van der Waals surface area contributed by atoms with Crippen LogP contribution in [0.4, 0.5) is 0 Å². The van der Waals surface area contributed by atoms with Gasteiger partial charge in [-0.15, -0.1) is 0 Å². The molecule has 0 amide bonds. The van der Waals surface area contributed by atoms with E-state index < -0.39 is 0 Å². The van der Waals surface area contributed by atoms with Crippen molar-refractivity contribution < 1.29 is 19.1 Å². The smallest absolute Gasteiger partial charge is 0.314 e. The molecule has 0 aromatic heterocycles. The Hall–Kier alpha value is -1.84. The van der Waals surface area contributed by atoms with Gasteiger partial charge in [-0.3, -0.25) is 9.59 Å². The van der Waals surface area contributed by atoms with Crippen LogP contribution in [-0.2, 0) is 15.0 Å². The van der Waals surface area contributed by atoms with E-state index in [0.29, 0.717) is 11.5 Å². The summed E-state index contributed by atoms with van der Waals surface area (Å²) in [5.41, 5.74) is 0.670. The van der Waals surface area contributed by atoms with Crippen LogP contribution in [-0.4, -0.2) is 11.9 Å². The minimum atomic E-state index is -0.207. The Morgan fingerprint density at radius 2 is 1.50 bits per heavy atom. The highest BCUT2D eigenvalue weighted by Gasteiger charge is 2.34. The zero-order valence-corrected chi connectivity index (χ0v) is 13.3. The van der Waals surface area contributed by atoms with Gasteiger partial charge in [0.2, 0.25) is 0 Å². The Morgan fingerprint density at radius 3 is 2.00 bits per heavy atom. The second-order valence-corrected chi connectivity index (χ2v) is 7.30. The zero-order chi connectivity index (χ0) is 15.9. The first-order chi connectivity index (χ1) is 10.3. The highest BCUT2D eigenvalue weighted by molar-refractivity contribution is 5.79. The van der Waals surface area contributed by atoms with Crippen LogP contribution in [0.15, 0.2) is 18.2 Å². The molecule has 1 aromatic rings. The quantitative estimate of drug-likeness (QED) is 0.629. The average molecular weight is 302 g/mol. The van der Waals surface area contributed by atoms with Crippen molar-refractivity contribution in [3.63, 3.8) is 0 Å². The van der Waals surface area contributed by atoms with E-state index in [1.165, 1.54) is 0 Å². The highest BCUT2D eigenvalue weighted by Crippen LogP contribution is 2.38. The van der Waals surface area contributed by atoms with Gasteiger partial charge >= 0.3 is 11.9 Å². The van der Waals surface area contributed by atoms with Crippen molar-refractivity contribution in [1.29, 1.82) is 0 Å². The van der Waals surface area contributed by atoms with Crippen LogP contribution >= 0.6 is 0 Å².